The lowest BCUT2D eigenvalue weighted by atomic mass is 10.2. The molecule has 0 radical (unpaired) electrons. The molecule has 0 atom stereocenters. The summed E-state index contributed by atoms with van der Waals surface area (Å²) in [4.78, 5) is 18.7. The van der Waals surface area contributed by atoms with Gasteiger partial charge >= 0.3 is 6.03 Å². The number of carbonyl (C=O) groups is 1. The maximum atomic E-state index is 12.2. The fourth-order valence-electron chi connectivity index (χ4n) is 2.79. The molecule has 1 aliphatic rings. The van der Waals surface area contributed by atoms with Gasteiger partial charge in [-0.05, 0) is 18.2 Å². The average Bonchev–Trinajstić information content (AvgIpc) is 2.69. The maximum absolute atomic E-state index is 12.2. The minimum Gasteiger partial charge on any atom is -0.485 e. The molecule has 2 heterocycles. The molecule has 0 aliphatic carbocycles. The van der Waals surface area contributed by atoms with E-state index in [9.17, 15) is 4.79 Å². The van der Waals surface area contributed by atoms with Gasteiger partial charge in [0.05, 0.1) is 0 Å². The highest BCUT2D eigenvalue weighted by Gasteiger charge is 2.12. The number of nitrogens with zero attached hydrogens (tertiary/aromatic N) is 2. The summed E-state index contributed by atoms with van der Waals surface area (Å²) >= 11 is 6.15. The standard InChI is InChI=1S/C19H24ClN5O2/c20-16-5-2-1-4-15(16)14-27-17-6-3-7-22-18(17)24-19(26)23-10-13-25-11-8-21-9-12-25/h1-7,21H,8-14H2,(H2,22,23,24,26). The molecule has 0 bridgehead atoms. The van der Waals surface area contributed by atoms with E-state index in [0.717, 1.165) is 38.3 Å². The second-order valence-electron chi connectivity index (χ2n) is 6.20. The Morgan fingerprint density at radius 3 is 2.85 bits per heavy atom. The molecule has 0 unspecified atom stereocenters. The highest BCUT2D eigenvalue weighted by molar-refractivity contribution is 6.31. The number of halogens is 1. The van der Waals surface area contributed by atoms with Gasteiger partial charge in [-0.3, -0.25) is 10.2 Å². The molecule has 1 saturated heterocycles. The zero-order chi connectivity index (χ0) is 18.9. The maximum Gasteiger partial charge on any atom is 0.320 e. The van der Waals surface area contributed by atoms with Crippen LogP contribution in [0.1, 0.15) is 5.56 Å². The summed E-state index contributed by atoms with van der Waals surface area (Å²) in [6.45, 7) is 5.69. The molecule has 0 spiro atoms. The predicted octanol–water partition coefficient (Wildman–Crippen LogP) is 2.34. The highest BCUT2D eigenvalue weighted by Crippen LogP contribution is 2.23. The van der Waals surface area contributed by atoms with Gasteiger partial charge in [-0.15, -0.1) is 0 Å². The molecule has 1 aromatic heterocycles. The molecular formula is C19H24ClN5O2. The number of amides is 2. The van der Waals surface area contributed by atoms with Crippen molar-refractivity contribution in [2.24, 2.45) is 0 Å². The summed E-state index contributed by atoms with van der Waals surface area (Å²) in [5.41, 5.74) is 0.870. The molecule has 2 amide bonds. The van der Waals surface area contributed by atoms with Crippen molar-refractivity contribution in [1.82, 2.24) is 20.5 Å². The second kappa shape index (κ2) is 10.1. The summed E-state index contributed by atoms with van der Waals surface area (Å²) in [7, 11) is 0. The SMILES string of the molecule is O=C(NCCN1CCNCC1)Nc1ncccc1OCc1ccccc1Cl. The Morgan fingerprint density at radius 1 is 1.22 bits per heavy atom. The number of hydrogen-bond acceptors (Lipinski definition) is 5. The first-order valence-corrected chi connectivity index (χ1v) is 9.39. The smallest absolute Gasteiger partial charge is 0.320 e. The number of pyridine rings is 1. The molecule has 8 heteroatoms. The van der Waals surface area contributed by atoms with Gasteiger partial charge in [0.2, 0.25) is 0 Å². The number of aromatic nitrogens is 1. The van der Waals surface area contributed by atoms with E-state index in [1.54, 1.807) is 18.3 Å². The fraction of sp³-hybridized carbons (Fsp3) is 0.368. The number of piperazine rings is 1. The number of nitrogens with one attached hydrogen (secondary N) is 3. The van der Waals surface area contributed by atoms with Gasteiger partial charge in [-0.25, -0.2) is 9.78 Å². The lowest BCUT2D eigenvalue weighted by molar-refractivity contribution is 0.233. The molecule has 1 aromatic carbocycles. The summed E-state index contributed by atoms with van der Waals surface area (Å²) in [6, 6.07) is 10.7. The van der Waals surface area contributed by atoms with Crippen molar-refractivity contribution in [2.75, 3.05) is 44.6 Å². The largest absolute Gasteiger partial charge is 0.485 e. The van der Waals surface area contributed by atoms with Crippen LogP contribution in [-0.4, -0.2) is 55.2 Å². The van der Waals surface area contributed by atoms with Crippen LogP contribution in [0.5, 0.6) is 5.75 Å². The van der Waals surface area contributed by atoms with Crippen molar-refractivity contribution < 1.29 is 9.53 Å². The van der Waals surface area contributed by atoms with Crippen molar-refractivity contribution in [1.29, 1.82) is 0 Å². The van der Waals surface area contributed by atoms with E-state index in [1.807, 2.05) is 24.3 Å². The van der Waals surface area contributed by atoms with Crippen LogP contribution >= 0.6 is 11.6 Å². The van der Waals surface area contributed by atoms with E-state index in [1.165, 1.54) is 0 Å². The van der Waals surface area contributed by atoms with Crippen LogP contribution in [0.2, 0.25) is 5.02 Å². The van der Waals surface area contributed by atoms with E-state index in [0.29, 0.717) is 29.7 Å². The zero-order valence-electron chi connectivity index (χ0n) is 15.1. The second-order valence-corrected chi connectivity index (χ2v) is 6.61. The highest BCUT2D eigenvalue weighted by atomic mass is 35.5. The fourth-order valence-corrected chi connectivity index (χ4v) is 2.98. The van der Waals surface area contributed by atoms with E-state index in [2.05, 4.69) is 25.8 Å². The molecule has 144 valence electrons. The first kappa shape index (κ1) is 19.4. The third-order valence-electron chi connectivity index (χ3n) is 4.27. The minimum absolute atomic E-state index is 0.296. The molecule has 3 rings (SSSR count). The number of rotatable bonds is 7. The Labute approximate surface area is 164 Å². The number of urea groups is 1. The lowest BCUT2D eigenvalue weighted by Gasteiger charge is -2.27. The Balaban J connectivity index is 1.49. The summed E-state index contributed by atoms with van der Waals surface area (Å²) in [6.07, 6.45) is 1.61. The van der Waals surface area contributed by atoms with Gasteiger partial charge in [-0.2, -0.15) is 0 Å². The predicted molar refractivity (Wildman–Crippen MR) is 106 cm³/mol. The van der Waals surface area contributed by atoms with Crippen LogP contribution in [-0.2, 0) is 6.61 Å². The molecule has 2 aromatic rings. The molecule has 1 aliphatic heterocycles. The van der Waals surface area contributed by atoms with Crippen LogP contribution in [0.15, 0.2) is 42.6 Å². The summed E-state index contributed by atoms with van der Waals surface area (Å²) < 4.78 is 5.80. The number of benzene rings is 1. The zero-order valence-corrected chi connectivity index (χ0v) is 15.8. The van der Waals surface area contributed by atoms with Crippen molar-refractivity contribution in [3.8, 4) is 5.75 Å². The van der Waals surface area contributed by atoms with Gasteiger partial charge < -0.3 is 15.4 Å². The first-order valence-electron chi connectivity index (χ1n) is 9.01. The van der Waals surface area contributed by atoms with Crippen molar-refractivity contribution in [2.45, 2.75) is 6.61 Å². The van der Waals surface area contributed by atoms with Crippen molar-refractivity contribution >= 4 is 23.4 Å². The third-order valence-corrected chi connectivity index (χ3v) is 4.64. The van der Waals surface area contributed by atoms with Crippen LogP contribution in [0, 0.1) is 0 Å². The minimum atomic E-state index is -0.300. The third kappa shape index (κ3) is 6.09. The quantitative estimate of drug-likeness (QED) is 0.677. The van der Waals surface area contributed by atoms with Gasteiger partial charge in [0.1, 0.15) is 6.61 Å². The molecule has 3 N–H and O–H groups in total. The van der Waals surface area contributed by atoms with Crippen LogP contribution in [0.3, 0.4) is 0 Å². The number of ether oxygens (including phenoxy) is 1. The van der Waals surface area contributed by atoms with Crippen LogP contribution < -0.4 is 20.7 Å². The summed E-state index contributed by atoms with van der Waals surface area (Å²) in [5, 5.41) is 9.56. The molecule has 27 heavy (non-hydrogen) atoms. The van der Waals surface area contributed by atoms with Gasteiger partial charge in [0.25, 0.3) is 0 Å². The monoisotopic (exact) mass is 389 g/mol. The number of anilines is 1. The molecular weight excluding hydrogens is 366 g/mol. The van der Waals surface area contributed by atoms with E-state index < -0.39 is 0 Å². The summed E-state index contributed by atoms with van der Waals surface area (Å²) in [5.74, 6) is 0.874. The lowest BCUT2D eigenvalue weighted by Crippen LogP contribution is -2.46. The number of carbonyl (C=O) groups excluding carboxylic acids is 1. The van der Waals surface area contributed by atoms with E-state index in [4.69, 9.17) is 16.3 Å². The van der Waals surface area contributed by atoms with Crippen molar-refractivity contribution in [3.05, 3.63) is 53.2 Å². The van der Waals surface area contributed by atoms with Crippen molar-refractivity contribution in [3.63, 3.8) is 0 Å². The van der Waals surface area contributed by atoms with Gasteiger partial charge in [0, 0.05) is 56.1 Å². The van der Waals surface area contributed by atoms with Gasteiger partial charge in [0.15, 0.2) is 11.6 Å². The molecule has 7 nitrogen and oxygen atoms in total. The first-order chi connectivity index (χ1) is 13.2. The molecule has 0 saturated carbocycles. The Hall–Kier alpha value is -2.35. The Bertz CT molecular complexity index is 752. The van der Waals surface area contributed by atoms with Crippen LogP contribution in [0.4, 0.5) is 10.6 Å². The Kier molecular flexibility index (Phi) is 7.27. The van der Waals surface area contributed by atoms with Gasteiger partial charge in [-0.1, -0.05) is 29.8 Å². The van der Waals surface area contributed by atoms with E-state index >= 15 is 0 Å². The van der Waals surface area contributed by atoms with Crippen LogP contribution in [0.25, 0.3) is 0 Å². The number of hydrogen-bond donors (Lipinski definition) is 3. The topological polar surface area (TPSA) is 78.5 Å². The van der Waals surface area contributed by atoms with E-state index in [-0.39, 0.29) is 6.03 Å². The molecule has 1 fully saturated rings. The average molecular weight is 390 g/mol. The normalized spacial score (nSPS) is 14.6. The Morgan fingerprint density at radius 2 is 2.04 bits per heavy atom.